The van der Waals surface area contributed by atoms with E-state index >= 15 is 0 Å². The van der Waals surface area contributed by atoms with Crippen LogP contribution in [-0.2, 0) is 0 Å². The first-order chi connectivity index (χ1) is 12.0. The zero-order valence-corrected chi connectivity index (χ0v) is 14.1. The molecule has 126 valence electrons. The van der Waals surface area contributed by atoms with Gasteiger partial charge in [0.1, 0.15) is 11.6 Å². The van der Waals surface area contributed by atoms with Crippen molar-refractivity contribution in [3.8, 4) is 22.3 Å². The normalized spacial score (nSPS) is 10.9. The van der Waals surface area contributed by atoms with Gasteiger partial charge in [-0.2, -0.15) is 0 Å². The van der Waals surface area contributed by atoms with Crippen LogP contribution < -0.4 is 0 Å². The first kappa shape index (κ1) is 17.0. The van der Waals surface area contributed by atoms with E-state index in [0.29, 0.717) is 5.56 Å². The third-order valence-corrected chi connectivity index (χ3v) is 4.28. The van der Waals surface area contributed by atoms with Crippen molar-refractivity contribution in [3.63, 3.8) is 0 Å². The summed E-state index contributed by atoms with van der Waals surface area (Å²) < 4.78 is 26.5. The quantitative estimate of drug-likeness (QED) is 0.516. The number of aldehydes is 1. The number of carbonyl (C=O) groups is 1. The molecule has 3 aromatic carbocycles. The molecule has 0 aliphatic heterocycles. The monoisotopic (exact) mass is 336 g/mol. The van der Waals surface area contributed by atoms with E-state index in [1.165, 1.54) is 24.3 Å². The Morgan fingerprint density at radius 2 is 1.28 bits per heavy atom. The molecule has 1 nitrogen and oxygen atoms in total. The summed E-state index contributed by atoms with van der Waals surface area (Å²) in [6.45, 7) is 4.04. The molecule has 0 bridgehead atoms. The molecule has 3 aromatic rings. The average molecular weight is 336 g/mol. The van der Waals surface area contributed by atoms with Gasteiger partial charge in [-0.3, -0.25) is 4.79 Å². The van der Waals surface area contributed by atoms with Gasteiger partial charge in [0.05, 0.1) is 0 Å². The van der Waals surface area contributed by atoms with Gasteiger partial charge in [-0.05, 0) is 64.1 Å². The smallest absolute Gasteiger partial charge is 0.150 e. The van der Waals surface area contributed by atoms with Crippen molar-refractivity contribution >= 4 is 6.29 Å². The van der Waals surface area contributed by atoms with E-state index in [1.54, 1.807) is 24.3 Å². The molecule has 0 fully saturated rings. The SMILES string of the molecule is CC(C)c1cc(-c2ccc(F)cc2)cc(-c2ccc(F)cc2)c1C=O. The molecule has 3 heteroatoms. The molecule has 25 heavy (non-hydrogen) atoms. The molecule has 0 saturated carbocycles. The van der Waals surface area contributed by atoms with Crippen LogP contribution in [0.15, 0.2) is 60.7 Å². The second kappa shape index (κ2) is 6.98. The van der Waals surface area contributed by atoms with E-state index in [1.807, 2.05) is 26.0 Å². The molecule has 3 rings (SSSR count). The molecule has 0 unspecified atom stereocenters. The largest absolute Gasteiger partial charge is 0.298 e. The second-order valence-electron chi connectivity index (χ2n) is 6.31. The molecule has 0 N–H and O–H groups in total. The zero-order chi connectivity index (χ0) is 18.0. The van der Waals surface area contributed by atoms with E-state index in [9.17, 15) is 13.6 Å². The van der Waals surface area contributed by atoms with E-state index < -0.39 is 0 Å². The molecule has 0 aliphatic carbocycles. The number of hydrogen-bond donors (Lipinski definition) is 0. The minimum absolute atomic E-state index is 0.139. The minimum atomic E-state index is -0.324. The summed E-state index contributed by atoms with van der Waals surface area (Å²) in [5.74, 6) is -0.480. The van der Waals surface area contributed by atoms with Crippen molar-refractivity contribution in [3.05, 3.63) is 83.4 Å². The van der Waals surface area contributed by atoms with Gasteiger partial charge >= 0.3 is 0 Å². The Bertz CT molecular complexity index is 895. The Balaban J connectivity index is 2.26. The zero-order valence-electron chi connectivity index (χ0n) is 14.1. The van der Waals surface area contributed by atoms with Gasteiger partial charge in [-0.25, -0.2) is 8.78 Å². The fraction of sp³-hybridized carbons (Fsp3) is 0.136. The lowest BCUT2D eigenvalue weighted by atomic mass is 9.87. The first-order valence-corrected chi connectivity index (χ1v) is 8.14. The highest BCUT2D eigenvalue weighted by Crippen LogP contribution is 2.34. The van der Waals surface area contributed by atoms with Crippen molar-refractivity contribution in [1.82, 2.24) is 0 Å². The third kappa shape index (κ3) is 3.50. The number of carbonyl (C=O) groups excluding carboxylic acids is 1. The third-order valence-electron chi connectivity index (χ3n) is 4.28. The fourth-order valence-corrected chi connectivity index (χ4v) is 2.96. The van der Waals surface area contributed by atoms with Gasteiger partial charge in [0, 0.05) is 5.56 Å². The molecule has 0 amide bonds. The molecular formula is C22H18F2O. The topological polar surface area (TPSA) is 17.1 Å². The summed E-state index contributed by atoms with van der Waals surface area (Å²) in [5.41, 5.74) is 4.80. The van der Waals surface area contributed by atoms with E-state index in [-0.39, 0.29) is 17.6 Å². The summed E-state index contributed by atoms with van der Waals surface area (Å²) in [7, 11) is 0. The van der Waals surface area contributed by atoms with Gasteiger partial charge in [-0.1, -0.05) is 44.2 Å². The van der Waals surface area contributed by atoms with Crippen molar-refractivity contribution < 1.29 is 13.6 Å². The maximum Gasteiger partial charge on any atom is 0.150 e. The lowest BCUT2D eigenvalue weighted by Crippen LogP contribution is -2.00. The lowest BCUT2D eigenvalue weighted by molar-refractivity contribution is 0.112. The van der Waals surface area contributed by atoms with Crippen LogP contribution in [0.25, 0.3) is 22.3 Å². The number of halogens is 2. The van der Waals surface area contributed by atoms with Crippen LogP contribution in [0.2, 0.25) is 0 Å². The maximum atomic E-state index is 13.3. The summed E-state index contributed by atoms with van der Waals surface area (Å²) >= 11 is 0. The average Bonchev–Trinajstić information content (AvgIpc) is 2.62. The summed E-state index contributed by atoms with van der Waals surface area (Å²) in [5, 5.41) is 0. The molecular weight excluding hydrogens is 318 g/mol. The van der Waals surface area contributed by atoms with Crippen LogP contribution in [0.3, 0.4) is 0 Å². The highest BCUT2D eigenvalue weighted by Gasteiger charge is 2.15. The number of hydrogen-bond acceptors (Lipinski definition) is 1. The highest BCUT2D eigenvalue weighted by atomic mass is 19.1. The van der Waals surface area contributed by atoms with E-state index in [4.69, 9.17) is 0 Å². The van der Waals surface area contributed by atoms with Gasteiger partial charge < -0.3 is 0 Å². The van der Waals surface area contributed by atoms with E-state index in [2.05, 4.69) is 0 Å². The molecule has 0 aliphatic rings. The molecule has 0 atom stereocenters. The van der Waals surface area contributed by atoms with Gasteiger partial charge in [-0.15, -0.1) is 0 Å². The van der Waals surface area contributed by atoms with Gasteiger partial charge in [0.2, 0.25) is 0 Å². The summed E-state index contributed by atoms with van der Waals surface area (Å²) in [6, 6.07) is 16.2. The summed E-state index contributed by atoms with van der Waals surface area (Å²) in [6.07, 6.45) is 0.850. The standard InChI is InChI=1S/C22H18F2O/c1-14(2)20-11-17(15-3-7-18(23)8-4-15)12-21(22(20)13-25)16-5-9-19(24)10-6-16/h3-14H,1-2H3. The number of rotatable bonds is 4. The van der Waals surface area contributed by atoms with E-state index in [0.717, 1.165) is 34.1 Å². The Morgan fingerprint density at radius 1 is 0.760 bits per heavy atom. The van der Waals surface area contributed by atoms with Crippen LogP contribution >= 0.6 is 0 Å². The minimum Gasteiger partial charge on any atom is -0.298 e. The molecule has 0 radical (unpaired) electrons. The Kier molecular flexibility index (Phi) is 4.75. The highest BCUT2D eigenvalue weighted by molar-refractivity contribution is 5.92. The predicted octanol–water partition coefficient (Wildman–Crippen LogP) is 6.23. The second-order valence-corrected chi connectivity index (χ2v) is 6.31. The first-order valence-electron chi connectivity index (χ1n) is 8.14. The van der Waals surface area contributed by atoms with Crippen LogP contribution in [0, 0.1) is 11.6 Å². The lowest BCUT2D eigenvalue weighted by Gasteiger charge is -2.17. The maximum absolute atomic E-state index is 13.3. The Labute approximate surface area is 145 Å². The summed E-state index contributed by atoms with van der Waals surface area (Å²) in [4.78, 5) is 11.8. The van der Waals surface area contributed by atoms with Gasteiger partial charge in [0.15, 0.2) is 6.29 Å². The van der Waals surface area contributed by atoms with Crippen molar-refractivity contribution in [2.75, 3.05) is 0 Å². The van der Waals surface area contributed by atoms with Crippen LogP contribution in [-0.4, -0.2) is 6.29 Å². The molecule has 0 aromatic heterocycles. The molecule has 0 saturated heterocycles. The number of benzene rings is 3. The van der Waals surface area contributed by atoms with Crippen LogP contribution in [0.1, 0.15) is 35.7 Å². The van der Waals surface area contributed by atoms with Crippen molar-refractivity contribution in [2.45, 2.75) is 19.8 Å². The van der Waals surface area contributed by atoms with Crippen molar-refractivity contribution in [2.24, 2.45) is 0 Å². The van der Waals surface area contributed by atoms with Crippen molar-refractivity contribution in [1.29, 1.82) is 0 Å². The fourth-order valence-electron chi connectivity index (χ4n) is 2.96. The Hall–Kier alpha value is -2.81. The predicted molar refractivity (Wildman–Crippen MR) is 96.7 cm³/mol. The molecule has 0 heterocycles. The van der Waals surface area contributed by atoms with Crippen LogP contribution in [0.4, 0.5) is 8.78 Å². The Morgan fingerprint density at radius 3 is 1.76 bits per heavy atom. The van der Waals surface area contributed by atoms with Crippen LogP contribution in [0.5, 0.6) is 0 Å². The van der Waals surface area contributed by atoms with Gasteiger partial charge in [0.25, 0.3) is 0 Å². The molecule has 0 spiro atoms.